The Morgan fingerprint density at radius 3 is 2.55 bits per heavy atom. The molecule has 0 amide bonds. The van der Waals surface area contributed by atoms with Crippen LogP contribution in [0.15, 0.2) is 18.2 Å². The Morgan fingerprint density at radius 1 is 1.40 bits per heavy atom. The van der Waals surface area contributed by atoms with Crippen molar-refractivity contribution >= 4 is 5.69 Å². The van der Waals surface area contributed by atoms with Gasteiger partial charge in [-0.3, -0.25) is 14.9 Å². The van der Waals surface area contributed by atoms with E-state index in [4.69, 9.17) is 4.74 Å². The smallest absolute Gasteiger partial charge is 0.491 e. The largest absolute Gasteiger partial charge is 0.522 e. The normalized spacial score (nSPS) is 13.1. The van der Waals surface area contributed by atoms with E-state index in [0.29, 0.717) is 0 Å². The Morgan fingerprint density at radius 2 is 2.05 bits per heavy atom. The standard InChI is InChI=1S/C11H12F3NO5/c1-7(16)9-6-8(15(17)18)2-3-10(9)19-4-5-20-11(12,13)14/h2-3,6-7,16H,4-5H2,1H3/t7-/m1/s1. The van der Waals surface area contributed by atoms with Crippen LogP contribution in [0.5, 0.6) is 5.75 Å². The van der Waals surface area contributed by atoms with Gasteiger partial charge in [0.2, 0.25) is 0 Å². The van der Waals surface area contributed by atoms with Crippen LogP contribution >= 0.6 is 0 Å². The van der Waals surface area contributed by atoms with Crippen LogP contribution in [0.3, 0.4) is 0 Å². The van der Waals surface area contributed by atoms with Gasteiger partial charge in [0.25, 0.3) is 5.69 Å². The molecule has 0 aromatic heterocycles. The maximum Gasteiger partial charge on any atom is 0.522 e. The van der Waals surface area contributed by atoms with Crippen LogP contribution in [0.4, 0.5) is 18.9 Å². The first kappa shape index (κ1) is 16.2. The summed E-state index contributed by atoms with van der Waals surface area (Å²) in [6, 6.07) is 3.45. The van der Waals surface area contributed by atoms with E-state index in [1.807, 2.05) is 0 Å². The van der Waals surface area contributed by atoms with Crippen molar-refractivity contribution in [3.63, 3.8) is 0 Å². The van der Waals surface area contributed by atoms with Crippen molar-refractivity contribution in [3.8, 4) is 5.75 Å². The number of halogens is 3. The molecule has 0 aliphatic carbocycles. The molecule has 0 bridgehead atoms. The minimum Gasteiger partial charge on any atom is -0.491 e. The Hall–Kier alpha value is -1.87. The average Bonchev–Trinajstić information content (AvgIpc) is 2.33. The number of benzene rings is 1. The van der Waals surface area contributed by atoms with E-state index in [1.165, 1.54) is 13.0 Å². The maximum absolute atomic E-state index is 11.7. The lowest BCUT2D eigenvalue weighted by Gasteiger charge is -2.13. The van der Waals surface area contributed by atoms with Crippen LogP contribution in [-0.4, -0.2) is 29.6 Å². The Labute approximate surface area is 111 Å². The lowest BCUT2D eigenvalue weighted by Crippen LogP contribution is -2.18. The Bertz CT molecular complexity index is 476. The molecule has 0 unspecified atom stereocenters. The number of aliphatic hydroxyl groups is 1. The SMILES string of the molecule is C[C@@H](O)c1cc([N+](=O)[O-])ccc1OCCOC(F)(F)F. The topological polar surface area (TPSA) is 81.8 Å². The lowest BCUT2D eigenvalue weighted by atomic mass is 10.1. The first-order chi connectivity index (χ1) is 9.20. The molecule has 0 aliphatic heterocycles. The van der Waals surface area contributed by atoms with Crippen LogP contribution in [0, 0.1) is 10.1 Å². The second-order valence-electron chi connectivity index (χ2n) is 3.80. The molecule has 1 atom stereocenters. The molecule has 1 aromatic rings. The molecule has 0 radical (unpaired) electrons. The molecular weight excluding hydrogens is 283 g/mol. The van der Waals surface area contributed by atoms with Crippen LogP contribution in [0.2, 0.25) is 0 Å². The fourth-order valence-electron chi connectivity index (χ4n) is 1.42. The maximum atomic E-state index is 11.7. The third-order valence-electron chi connectivity index (χ3n) is 2.26. The molecule has 1 rings (SSSR count). The Kier molecular flexibility index (Phi) is 5.28. The minimum atomic E-state index is -4.74. The number of alkyl halides is 3. The summed E-state index contributed by atoms with van der Waals surface area (Å²) >= 11 is 0. The highest BCUT2D eigenvalue weighted by Gasteiger charge is 2.28. The number of hydrogen-bond acceptors (Lipinski definition) is 5. The minimum absolute atomic E-state index is 0.0661. The number of nitro benzene ring substituents is 1. The van der Waals surface area contributed by atoms with E-state index in [1.54, 1.807) is 0 Å². The molecule has 1 N–H and O–H groups in total. The molecule has 6 nitrogen and oxygen atoms in total. The highest BCUT2D eigenvalue weighted by atomic mass is 19.4. The summed E-state index contributed by atoms with van der Waals surface area (Å²) in [5.41, 5.74) is -0.133. The number of nitrogens with zero attached hydrogens (tertiary/aromatic N) is 1. The van der Waals surface area contributed by atoms with Crippen LogP contribution in [0.1, 0.15) is 18.6 Å². The third-order valence-corrected chi connectivity index (χ3v) is 2.26. The molecule has 1 aromatic carbocycles. The van der Waals surface area contributed by atoms with E-state index >= 15 is 0 Å². The third kappa shape index (κ3) is 5.02. The molecule has 0 fully saturated rings. The summed E-state index contributed by atoms with van der Waals surface area (Å²) in [5, 5.41) is 20.1. The fraction of sp³-hybridized carbons (Fsp3) is 0.455. The van der Waals surface area contributed by atoms with Crippen molar-refractivity contribution < 1.29 is 32.7 Å². The summed E-state index contributed by atoms with van der Waals surface area (Å²) in [4.78, 5) is 9.95. The summed E-state index contributed by atoms with van der Waals surface area (Å²) in [6.45, 7) is 0.231. The zero-order valence-corrected chi connectivity index (χ0v) is 10.4. The van der Waals surface area contributed by atoms with Gasteiger partial charge in [0.05, 0.1) is 17.6 Å². The monoisotopic (exact) mass is 295 g/mol. The number of nitro groups is 1. The van der Waals surface area contributed by atoms with E-state index < -0.39 is 30.6 Å². The number of non-ortho nitro benzene ring substituents is 1. The average molecular weight is 295 g/mol. The van der Waals surface area contributed by atoms with Crippen molar-refractivity contribution in [1.82, 2.24) is 0 Å². The molecule has 0 saturated heterocycles. The van der Waals surface area contributed by atoms with Gasteiger partial charge in [-0.25, -0.2) is 0 Å². The van der Waals surface area contributed by atoms with Gasteiger partial charge in [0, 0.05) is 17.7 Å². The molecule has 112 valence electrons. The van der Waals surface area contributed by atoms with Gasteiger partial charge in [-0.15, -0.1) is 13.2 Å². The summed E-state index contributed by atoms with van der Waals surface area (Å²) in [5.74, 6) is 0.0661. The van der Waals surface area contributed by atoms with Gasteiger partial charge in [0.1, 0.15) is 12.4 Å². The van der Waals surface area contributed by atoms with E-state index in [2.05, 4.69) is 4.74 Å². The van der Waals surface area contributed by atoms with E-state index in [-0.39, 0.29) is 17.0 Å². The second-order valence-corrected chi connectivity index (χ2v) is 3.80. The van der Waals surface area contributed by atoms with Crippen molar-refractivity contribution in [3.05, 3.63) is 33.9 Å². The highest BCUT2D eigenvalue weighted by Crippen LogP contribution is 2.29. The fourth-order valence-corrected chi connectivity index (χ4v) is 1.42. The number of hydrogen-bond donors (Lipinski definition) is 1. The first-order valence-electron chi connectivity index (χ1n) is 5.50. The Balaban J connectivity index is 2.72. The molecule has 9 heteroatoms. The van der Waals surface area contributed by atoms with Crippen LogP contribution in [-0.2, 0) is 4.74 Å². The first-order valence-corrected chi connectivity index (χ1v) is 5.50. The van der Waals surface area contributed by atoms with Crippen LogP contribution < -0.4 is 4.74 Å². The van der Waals surface area contributed by atoms with Gasteiger partial charge in [-0.05, 0) is 13.0 Å². The molecule has 0 aliphatic rings. The zero-order chi connectivity index (χ0) is 15.3. The highest BCUT2D eigenvalue weighted by molar-refractivity contribution is 5.44. The molecule has 0 saturated carbocycles. The molecule has 0 heterocycles. The van der Waals surface area contributed by atoms with E-state index in [9.17, 15) is 28.4 Å². The molecule has 0 spiro atoms. The zero-order valence-electron chi connectivity index (χ0n) is 10.4. The quantitative estimate of drug-likeness (QED) is 0.495. The summed E-state index contributed by atoms with van der Waals surface area (Å²) < 4.78 is 43.8. The van der Waals surface area contributed by atoms with Crippen molar-refractivity contribution in [2.24, 2.45) is 0 Å². The molecular formula is C11H12F3NO5. The predicted molar refractivity (Wildman–Crippen MR) is 61.2 cm³/mol. The summed E-state index contributed by atoms with van der Waals surface area (Å²) in [7, 11) is 0. The van der Waals surface area contributed by atoms with Crippen molar-refractivity contribution in [1.29, 1.82) is 0 Å². The number of aliphatic hydroxyl groups excluding tert-OH is 1. The van der Waals surface area contributed by atoms with Gasteiger partial charge in [-0.2, -0.15) is 0 Å². The number of ether oxygens (including phenoxy) is 2. The van der Waals surface area contributed by atoms with Crippen molar-refractivity contribution in [2.75, 3.05) is 13.2 Å². The number of rotatable bonds is 6. The second kappa shape index (κ2) is 6.53. The van der Waals surface area contributed by atoms with Crippen molar-refractivity contribution in [2.45, 2.75) is 19.4 Å². The lowest BCUT2D eigenvalue weighted by molar-refractivity contribution is -0.385. The van der Waals surface area contributed by atoms with Gasteiger partial charge in [0.15, 0.2) is 0 Å². The van der Waals surface area contributed by atoms with Gasteiger partial charge in [-0.1, -0.05) is 0 Å². The molecule has 20 heavy (non-hydrogen) atoms. The summed E-state index contributed by atoms with van der Waals surface area (Å²) in [6.07, 6.45) is -5.81. The van der Waals surface area contributed by atoms with E-state index in [0.717, 1.165) is 12.1 Å². The van der Waals surface area contributed by atoms with Gasteiger partial charge < -0.3 is 9.84 Å². The predicted octanol–water partition coefficient (Wildman–Crippen LogP) is 2.56. The van der Waals surface area contributed by atoms with Gasteiger partial charge >= 0.3 is 6.36 Å². The van der Waals surface area contributed by atoms with Crippen LogP contribution in [0.25, 0.3) is 0 Å².